The van der Waals surface area contributed by atoms with Gasteiger partial charge in [0.25, 0.3) is 0 Å². The lowest BCUT2D eigenvalue weighted by Gasteiger charge is -2.33. The van der Waals surface area contributed by atoms with Gasteiger partial charge in [-0.05, 0) is 38.6 Å². The van der Waals surface area contributed by atoms with E-state index in [0.29, 0.717) is 18.5 Å². The van der Waals surface area contributed by atoms with Gasteiger partial charge in [-0.1, -0.05) is 20.3 Å². The van der Waals surface area contributed by atoms with Crippen molar-refractivity contribution in [2.45, 2.75) is 58.5 Å². The SMILES string of the molecule is CC(C)C[C@@H](CO)NC(=O)NCCN1CCCC[C@H]1C. The Hall–Kier alpha value is -0.810. The van der Waals surface area contributed by atoms with Crippen molar-refractivity contribution in [2.24, 2.45) is 5.92 Å². The number of hydrogen-bond acceptors (Lipinski definition) is 3. The van der Waals surface area contributed by atoms with Gasteiger partial charge in [-0.3, -0.25) is 4.90 Å². The zero-order valence-electron chi connectivity index (χ0n) is 13.2. The number of aliphatic hydroxyl groups is 1. The van der Waals surface area contributed by atoms with Gasteiger partial charge in [0.05, 0.1) is 12.6 Å². The first kappa shape index (κ1) is 17.2. The first-order chi connectivity index (χ1) is 9.52. The second-order valence-electron chi connectivity index (χ2n) is 6.29. The number of urea groups is 1. The number of aliphatic hydroxyl groups excluding tert-OH is 1. The van der Waals surface area contributed by atoms with Crippen molar-refractivity contribution >= 4 is 6.03 Å². The molecule has 20 heavy (non-hydrogen) atoms. The van der Waals surface area contributed by atoms with E-state index in [-0.39, 0.29) is 18.7 Å². The summed E-state index contributed by atoms with van der Waals surface area (Å²) < 4.78 is 0. The molecule has 3 N–H and O–H groups in total. The van der Waals surface area contributed by atoms with Gasteiger partial charge in [0, 0.05) is 19.1 Å². The van der Waals surface area contributed by atoms with Crippen LogP contribution in [-0.4, -0.2) is 54.4 Å². The maximum atomic E-state index is 11.8. The number of rotatable bonds is 7. The average Bonchev–Trinajstić information content (AvgIpc) is 2.39. The van der Waals surface area contributed by atoms with Crippen LogP contribution in [0.1, 0.15) is 46.5 Å². The lowest BCUT2D eigenvalue weighted by atomic mass is 10.0. The van der Waals surface area contributed by atoms with E-state index >= 15 is 0 Å². The monoisotopic (exact) mass is 285 g/mol. The molecule has 0 saturated carbocycles. The Morgan fingerprint density at radius 3 is 2.75 bits per heavy atom. The molecule has 0 aliphatic carbocycles. The number of carbonyl (C=O) groups excluding carboxylic acids is 1. The van der Waals surface area contributed by atoms with E-state index in [1.54, 1.807) is 0 Å². The molecule has 0 aromatic rings. The second kappa shape index (κ2) is 9.19. The van der Waals surface area contributed by atoms with Crippen LogP contribution in [0.15, 0.2) is 0 Å². The Morgan fingerprint density at radius 2 is 2.15 bits per heavy atom. The highest BCUT2D eigenvalue weighted by Crippen LogP contribution is 2.15. The number of hydrogen-bond donors (Lipinski definition) is 3. The summed E-state index contributed by atoms with van der Waals surface area (Å²) >= 11 is 0. The van der Waals surface area contributed by atoms with Crippen molar-refractivity contribution in [3.63, 3.8) is 0 Å². The molecule has 0 unspecified atom stereocenters. The summed E-state index contributed by atoms with van der Waals surface area (Å²) in [5.41, 5.74) is 0. The summed E-state index contributed by atoms with van der Waals surface area (Å²) in [7, 11) is 0. The summed E-state index contributed by atoms with van der Waals surface area (Å²) in [6, 6.07) is 0.304. The first-order valence-electron chi connectivity index (χ1n) is 7.92. The smallest absolute Gasteiger partial charge is 0.315 e. The molecule has 2 amide bonds. The molecule has 0 radical (unpaired) electrons. The molecule has 5 nitrogen and oxygen atoms in total. The lowest BCUT2D eigenvalue weighted by Crippen LogP contribution is -2.47. The van der Waals surface area contributed by atoms with Crippen LogP contribution in [0.25, 0.3) is 0 Å². The largest absolute Gasteiger partial charge is 0.394 e. The molecule has 1 aliphatic rings. The van der Waals surface area contributed by atoms with Crippen LogP contribution in [0, 0.1) is 5.92 Å². The van der Waals surface area contributed by atoms with Crippen molar-refractivity contribution in [1.29, 1.82) is 0 Å². The molecule has 1 rings (SSSR count). The highest BCUT2D eigenvalue weighted by molar-refractivity contribution is 5.74. The number of carbonyl (C=O) groups is 1. The minimum atomic E-state index is -0.172. The molecule has 0 spiro atoms. The number of amides is 2. The van der Waals surface area contributed by atoms with Gasteiger partial charge in [0.2, 0.25) is 0 Å². The number of likely N-dealkylation sites (tertiary alicyclic amines) is 1. The molecule has 5 heteroatoms. The number of nitrogens with zero attached hydrogens (tertiary/aromatic N) is 1. The zero-order valence-corrected chi connectivity index (χ0v) is 13.2. The molecule has 118 valence electrons. The molecule has 1 heterocycles. The first-order valence-corrected chi connectivity index (χ1v) is 7.92. The zero-order chi connectivity index (χ0) is 15.0. The van der Waals surface area contributed by atoms with Gasteiger partial charge in [0.15, 0.2) is 0 Å². The molecule has 1 saturated heterocycles. The summed E-state index contributed by atoms with van der Waals surface area (Å²) in [5, 5.41) is 15.0. The molecule has 2 atom stereocenters. The summed E-state index contributed by atoms with van der Waals surface area (Å²) in [6.45, 7) is 9.12. The Bertz CT molecular complexity index is 284. The fourth-order valence-corrected chi connectivity index (χ4v) is 2.79. The fraction of sp³-hybridized carbons (Fsp3) is 0.933. The van der Waals surface area contributed by atoms with Crippen LogP contribution in [0.4, 0.5) is 4.79 Å². The van der Waals surface area contributed by atoms with Gasteiger partial charge >= 0.3 is 6.03 Å². The molecule has 0 aromatic heterocycles. The van der Waals surface area contributed by atoms with Crippen molar-refractivity contribution in [3.8, 4) is 0 Å². The Balaban J connectivity index is 2.18. The van der Waals surface area contributed by atoms with Crippen molar-refractivity contribution in [1.82, 2.24) is 15.5 Å². The lowest BCUT2D eigenvalue weighted by molar-refractivity contribution is 0.160. The maximum Gasteiger partial charge on any atom is 0.315 e. The highest BCUT2D eigenvalue weighted by Gasteiger charge is 2.18. The molecular weight excluding hydrogens is 254 g/mol. The quantitative estimate of drug-likeness (QED) is 0.665. The van der Waals surface area contributed by atoms with Crippen LogP contribution in [0.3, 0.4) is 0 Å². The number of nitrogens with one attached hydrogen (secondary N) is 2. The van der Waals surface area contributed by atoms with Crippen molar-refractivity contribution in [2.75, 3.05) is 26.2 Å². The van der Waals surface area contributed by atoms with E-state index in [2.05, 4.69) is 36.3 Å². The minimum Gasteiger partial charge on any atom is -0.394 e. The van der Waals surface area contributed by atoms with E-state index in [0.717, 1.165) is 19.5 Å². The second-order valence-corrected chi connectivity index (χ2v) is 6.29. The van der Waals surface area contributed by atoms with Gasteiger partial charge in [-0.2, -0.15) is 0 Å². The standard InChI is InChI=1S/C15H31N3O2/c1-12(2)10-14(11-19)17-15(20)16-7-9-18-8-5-4-6-13(18)3/h12-14,19H,4-11H2,1-3H3,(H2,16,17,20)/t13-,14+/m1/s1. The average molecular weight is 285 g/mol. The third-order valence-electron chi connectivity index (χ3n) is 3.94. The van der Waals surface area contributed by atoms with Crippen molar-refractivity contribution < 1.29 is 9.90 Å². The number of piperidine rings is 1. The van der Waals surface area contributed by atoms with E-state index < -0.39 is 0 Å². The molecule has 1 fully saturated rings. The summed E-state index contributed by atoms with van der Waals surface area (Å²) in [6.07, 6.45) is 4.64. The van der Waals surface area contributed by atoms with Crippen LogP contribution in [-0.2, 0) is 0 Å². The van der Waals surface area contributed by atoms with E-state index in [1.165, 1.54) is 19.3 Å². The Kier molecular flexibility index (Phi) is 7.92. The van der Waals surface area contributed by atoms with Crippen LogP contribution < -0.4 is 10.6 Å². The van der Waals surface area contributed by atoms with Crippen LogP contribution >= 0.6 is 0 Å². The summed E-state index contributed by atoms with van der Waals surface area (Å²) in [4.78, 5) is 14.2. The highest BCUT2D eigenvalue weighted by atomic mass is 16.3. The summed E-state index contributed by atoms with van der Waals surface area (Å²) in [5.74, 6) is 0.460. The topological polar surface area (TPSA) is 64.6 Å². The predicted octanol–water partition coefficient (Wildman–Crippen LogP) is 1.57. The molecular formula is C15H31N3O2. The normalized spacial score (nSPS) is 21.8. The minimum absolute atomic E-state index is 0.00520. The predicted molar refractivity (Wildman–Crippen MR) is 81.7 cm³/mol. The van der Waals surface area contributed by atoms with Gasteiger partial charge < -0.3 is 15.7 Å². The molecule has 1 aliphatic heterocycles. The Labute approximate surface area is 123 Å². The van der Waals surface area contributed by atoms with E-state index in [9.17, 15) is 9.90 Å². The van der Waals surface area contributed by atoms with Crippen molar-refractivity contribution in [3.05, 3.63) is 0 Å². The van der Waals surface area contributed by atoms with E-state index in [1.807, 2.05) is 0 Å². The van der Waals surface area contributed by atoms with Crippen LogP contribution in [0.5, 0.6) is 0 Å². The molecule has 0 bridgehead atoms. The third-order valence-corrected chi connectivity index (χ3v) is 3.94. The third kappa shape index (κ3) is 6.57. The fourth-order valence-electron chi connectivity index (χ4n) is 2.79. The maximum absolute atomic E-state index is 11.8. The Morgan fingerprint density at radius 1 is 1.40 bits per heavy atom. The molecule has 0 aromatic carbocycles. The van der Waals surface area contributed by atoms with Gasteiger partial charge in [0.1, 0.15) is 0 Å². The van der Waals surface area contributed by atoms with Gasteiger partial charge in [-0.15, -0.1) is 0 Å². The van der Waals surface area contributed by atoms with Crippen LogP contribution in [0.2, 0.25) is 0 Å². The van der Waals surface area contributed by atoms with Gasteiger partial charge in [-0.25, -0.2) is 4.79 Å². The van der Waals surface area contributed by atoms with E-state index in [4.69, 9.17) is 0 Å².